The van der Waals surface area contributed by atoms with Gasteiger partial charge in [-0.25, -0.2) is 4.79 Å². The number of amides is 1. The second-order valence-electron chi connectivity index (χ2n) is 5.41. The monoisotopic (exact) mass is 312 g/mol. The molecule has 4 nitrogen and oxygen atoms in total. The molecule has 0 saturated heterocycles. The van der Waals surface area contributed by atoms with Gasteiger partial charge < -0.3 is 9.64 Å². The van der Waals surface area contributed by atoms with Crippen LogP contribution in [0.2, 0.25) is 0 Å². The summed E-state index contributed by atoms with van der Waals surface area (Å²) in [6.45, 7) is 6.88. The fourth-order valence-corrected chi connectivity index (χ4v) is 2.50. The Morgan fingerprint density at radius 2 is 2.17 bits per heavy atom. The molecule has 0 aliphatic carbocycles. The predicted octanol–water partition coefficient (Wildman–Crippen LogP) is 3.14. The summed E-state index contributed by atoms with van der Waals surface area (Å²) < 4.78 is 6.39. The van der Waals surface area contributed by atoms with Crippen LogP contribution in [-0.2, 0) is 17.7 Å². The van der Waals surface area contributed by atoms with Crippen molar-refractivity contribution in [1.29, 1.82) is 0 Å². The van der Waals surface area contributed by atoms with Gasteiger partial charge in [-0.1, -0.05) is 0 Å². The molecule has 0 fully saturated rings. The molecule has 1 aromatic heterocycles. The topological polar surface area (TPSA) is 42.4 Å². The van der Waals surface area contributed by atoms with Gasteiger partial charge >= 0.3 is 6.09 Å². The van der Waals surface area contributed by atoms with Gasteiger partial charge in [0.05, 0.1) is 6.54 Å². The van der Waals surface area contributed by atoms with E-state index >= 15 is 0 Å². The average molecular weight is 313 g/mol. The Morgan fingerprint density at radius 3 is 2.83 bits per heavy atom. The van der Waals surface area contributed by atoms with Gasteiger partial charge in [0.25, 0.3) is 0 Å². The Hall–Kier alpha value is -1.10. The minimum absolute atomic E-state index is 0.256. The van der Waals surface area contributed by atoms with Crippen LogP contribution in [0.15, 0.2) is 16.9 Å². The van der Waals surface area contributed by atoms with Crippen molar-refractivity contribution < 1.29 is 9.53 Å². The second-order valence-corrected chi connectivity index (χ2v) is 6.27. The van der Waals surface area contributed by atoms with Gasteiger partial charge in [0.1, 0.15) is 5.60 Å². The van der Waals surface area contributed by atoms with Crippen molar-refractivity contribution in [3.8, 4) is 0 Å². The Labute approximate surface area is 115 Å². The number of hydrogen-bond donors (Lipinski definition) is 0. The molecule has 1 aromatic rings. The number of hydrogen-bond acceptors (Lipinski definition) is 3. The maximum Gasteiger partial charge on any atom is 0.410 e. The lowest BCUT2D eigenvalue weighted by Gasteiger charge is -2.31. The number of pyridine rings is 1. The first-order valence-electron chi connectivity index (χ1n) is 5.96. The van der Waals surface area contributed by atoms with E-state index in [0.29, 0.717) is 13.1 Å². The summed E-state index contributed by atoms with van der Waals surface area (Å²) in [7, 11) is 0. The quantitative estimate of drug-likeness (QED) is 0.739. The molecular weight excluding hydrogens is 296 g/mol. The highest BCUT2D eigenvalue weighted by Crippen LogP contribution is 2.26. The van der Waals surface area contributed by atoms with Gasteiger partial charge in [-0.2, -0.15) is 0 Å². The molecule has 0 N–H and O–H groups in total. The number of halogens is 1. The molecule has 1 aliphatic rings. The maximum atomic E-state index is 12.0. The van der Waals surface area contributed by atoms with Crippen LogP contribution in [0.1, 0.15) is 31.9 Å². The number of rotatable bonds is 0. The third-order valence-corrected chi connectivity index (χ3v) is 3.42. The van der Waals surface area contributed by atoms with Crippen LogP contribution in [0.4, 0.5) is 4.79 Å². The van der Waals surface area contributed by atoms with Crippen molar-refractivity contribution in [3.05, 3.63) is 28.0 Å². The number of carbonyl (C=O) groups is 1. The number of fused-ring (bicyclic) bond motifs is 1. The maximum absolute atomic E-state index is 12.0. The van der Waals surface area contributed by atoms with Gasteiger partial charge in [0, 0.05) is 23.4 Å². The Bertz CT molecular complexity index is 469. The molecule has 5 heteroatoms. The predicted molar refractivity (Wildman–Crippen MR) is 72.3 cm³/mol. The molecule has 0 radical (unpaired) electrons. The molecule has 0 saturated carbocycles. The van der Waals surface area contributed by atoms with Crippen LogP contribution in [0, 0.1) is 0 Å². The fourth-order valence-electron chi connectivity index (χ4n) is 1.93. The largest absolute Gasteiger partial charge is 0.444 e. The van der Waals surface area contributed by atoms with E-state index in [-0.39, 0.29) is 6.09 Å². The lowest BCUT2D eigenvalue weighted by atomic mass is 10.0. The van der Waals surface area contributed by atoms with E-state index in [1.54, 1.807) is 11.1 Å². The van der Waals surface area contributed by atoms with Gasteiger partial charge in [-0.15, -0.1) is 0 Å². The molecule has 0 spiro atoms. The van der Waals surface area contributed by atoms with Crippen molar-refractivity contribution in [3.63, 3.8) is 0 Å². The van der Waals surface area contributed by atoms with Crippen LogP contribution < -0.4 is 0 Å². The van der Waals surface area contributed by atoms with Gasteiger partial charge in [-0.05, 0) is 54.2 Å². The molecule has 0 aromatic carbocycles. The molecule has 0 unspecified atom stereocenters. The van der Waals surface area contributed by atoms with E-state index in [9.17, 15) is 4.79 Å². The summed E-state index contributed by atoms with van der Waals surface area (Å²) in [5.41, 5.74) is 1.87. The molecule has 2 rings (SSSR count). The SMILES string of the molecule is CC(C)(C)OC(=O)N1CCc2c(Br)cncc2C1. The zero-order valence-corrected chi connectivity index (χ0v) is 12.5. The zero-order valence-electron chi connectivity index (χ0n) is 10.9. The van der Waals surface area contributed by atoms with Crippen LogP contribution in [0.3, 0.4) is 0 Å². The highest BCUT2D eigenvalue weighted by atomic mass is 79.9. The van der Waals surface area contributed by atoms with Crippen molar-refractivity contribution in [2.24, 2.45) is 0 Å². The summed E-state index contributed by atoms with van der Waals surface area (Å²) in [5.74, 6) is 0. The highest BCUT2D eigenvalue weighted by Gasteiger charge is 2.26. The van der Waals surface area contributed by atoms with E-state index in [4.69, 9.17) is 4.74 Å². The summed E-state index contributed by atoms with van der Waals surface area (Å²) >= 11 is 3.49. The minimum Gasteiger partial charge on any atom is -0.444 e. The van der Waals surface area contributed by atoms with Gasteiger partial charge in [-0.3, -0.25) is 4.98 Å². The smallest absolute Gasteiger partial charge is 0.410 e. The number of carbonyl (C=O) groups excluding carboxylic acids is 1. The first-order valence-corrected chi connectivity index (χ1v) is 6.75. The van der Waals surface area contributed by atoms with Crippen molar-refractivity contribution in [1.82, 2.24) is 9.88 Å². The highest BCUT2D eigenvalue weighted by molar-refractivity contribution is 9.10. The first kappa shape index (κ1) is 13.3. The molecule has 98 valence electrons. The summed E-state index contributed by atoms with van der Waals surface area (Å²) in [5, 5.41) is 0. The zero-order chi connectivity index (χ0) is 13.3. The van der Waals surface area contributed by atoms with E-state index in [0.717, 1.165) is 16.5 Å². The third kappa shape index (κ3) is 3.02. The lowest BCUT2D eigenvalue weighted by Crippen LogP contribution is -2.40. The summed E-state index contributed by atoms with van der Waals surface area (Å²) in [4.78, 5) is 17.8. The number of nitrogens with zero attached hydrogens (tertiary/aromatic N) is 2. The molecule has 0 bridgehead atoms. The molecule has 1 aliphatic heterocycles. The van der Waals surface area contributed by atoms with Gasteiger partial charge in [0.2, 0.25) is 0 Å². The third-order valence-electron chi connectivity index (χ3n) is 2.74. The minimum atomic E-state index is -0.452. The van der Waals surface area contributed by atoms with Crippen molar-refractivity contribution in [2.75, 3.05) is 6.54 Å². The van der Waals surface area contributed by atoms with Crippen molar-refractivity contribution in [2.45, 2.75) is 39.3 Å². The molecular formula is C13H17BrN2O2. The average Bonchev–Trinajstić information content (AvgIpc) is 2.26. The van der Waals surface area contributed by atoms with Crippen LogP contribution in [0.5, 0.6) is 0 Å². The Kier molecular flexibility index (Phi) is 3.61. The van der Waals surface area contributed by atoms with Crippen LogP contribution in [-0.4, -0.2) is 28.1 Å². The van der Waals surface area contributed by atoms with Crippen molar-refractivity contribution >= 4 is 22.0 Å². The Balaban J connectivity index is 2.11. The summed E-state index contributed by atoms with van der Waals surface area (Å²) in [6, 6.07) is 0. The summed E-state index contributed by atoms with van der Waals surface area (Å²) in [6.07, 6.45) is 4.18. The first-order chi connectivity index (χ1) is 8.37. The van der Waals surface area contributed by atoms with E-state index in [1.165, 1.54) is 5.56 Å². The standard InChI is InChI=1S/C13H17BrN2O2/c1-13(2,3)18-12(17)16-5-4-10-9(8-16)6-15-7-11(10)14/h6-7H,4-5,8H2,1-3H3. The van der Waals surface area contributed by atoms with E-state index in [2.05, 4.69) is 20.9 Å². The number of ether oxygens (including phenoxy) is 1. The molecule has 1 amide bonds. The van der Waals surface area contributed by atoms with Crippen LogP contribution >= 0.6 is 15.9 Å². The second kappa shape index (κ2) is 4.88. The Morgan fingerprint density at radius 1 is 1.44 bits per heavy atom. The fraction of sp³-hybridized carbons (Fsp3) is 0.538. The normalized spacial score (nSPS) is 15.2. The molecule has 18 heavy (non-hydrogen) atoms. The molecule has 2 heterocycles. The van der Waals surface area contributed by atoms with E-state index < -0.39 is 5.60 Å². The number of aromatic nitrogens is 1. The molecule has 0 atom stereocenters. The van der Waals surface area contributed by atoms with Gasteiger partial charge in [0.15, 0.2) is 0 Å². The van der Waals surface area contributed by atoms with Crippen LogP contribution in [0.25, 0.3) is 0 Å². The van der Waals surface area contributed by atoms with E-state index in [1.807, 2.05) is 27.0 Å². The lowest BCUT2D eigenvalue weighted by molar-refractivity contribution is 0.0223.